The molecule has 1 saturated carbocycles. The third kappa shape index (κ3) is 1.26. The number of halogens is 2. The lowest BCUT2D eigenvalue weighted by molar-refractivity contribution is -0.166. The van der Waals surface area contributed by atoms with Crippen molar-refractivity contribution >= 4 is 17.1 Å². The van der Waals surface area contributed by atoms with Gasteiger partial charge in [0.1, 0.15) is 0 Å². The normalized spacial score (nSPS) is 41.7. The third-order valence-electron chi connectivity index (χ3n) is 4.26. The number of fused-ring (bicyclic) bond motifs is 2. The molecular weight excluding hydrogens is 316 g/mol. The van der Waals surface area contributed by atoms with Gasteiger partial charge in [0.2, 0.25) is 17.2 Å². The number of ether oxygens (including phenoxy) is 1. The molecule has 0 aromatic carbocycles. The fourth-order valence-electron chi connectivity index (χ4n) is 2.96. The number of nitrogens with one attached hydrogen (secondary N) is 1. The predicted octanol–water partition coefficient (Wildman–Crippen LogP) is -1.66. The number of aromatic nitrogens is 4. The number of aromatic amines is 1. The molecule has 1 unspecified atom stereocenters. The Morgan fingerprint density at radius 1 is 1.57 bits per heavy atom. The van der Waals surface area contributed by atoms with Gasteiger partial charge in [0, 0.05) is 0 Å². The Balaban J connectivity index is 1.94. The van der Waals surface area contributed by atoms with Crippen LogP contribution in [0.5, 0.6) is 0 Å². The van der Waals surface area contributed by atoms with Gasteiger partial charge in [-0.1, -0.05) is 5.92 Å². The van der Waals surface area contributed by atoms with Crippen molar-refractivity contribution in [3.8, 4) is 12.3 Å². The van der Waals surface area contributed by atoms with Crippen LogP contribution < -0.4 is 11.3 Å². The smallest absolute Gasteiger partial charge is 0.282 e. The van der Waals surface area contributed by atoms with Gasteiger partial charge in [-0.25, -0.2) is 13.8 Å². The standard InChI is InChI=1S/C12H9F2N5O4/c1-2-10(22)8(23-12(14)7(21)11(10,12)13)19-3-16-4-5(19)17-9(15)18-6(4)20/h1,3,7-8,21-22H,(H3,15,17,18,20)/t7?,8-,10+,11+,12-/m1/s1. The first-order valence-electron chi connectivity index (χ1n) is 6.37. The molecule has 4 rings (SSSR count). The molecule has 0 spiro atoms. The number of anilines is 1. The summed E-state index contributed by atoms with van der Waals surface area (Å²) in [5.41, 5.74) is -1.69. The number of hydrogen-bond donors (Lipinski definition) is 4. The Morgan fingerprint density at radius 3 is 2.91 bits per heavy atom. The first-order valence-corrected chi connectivity index (χ1v) is 6.37. The van der Waals surface area contributed by atoms with Crippen molar-refractivity contribution in [1.29, 1.82) is 0 Å². The zero-order chi connectivity index (χ0) is 16.8. The molecule has 120 valence electrons. The summed E-state index contributed by atoms with van der Waals surface area (Å²) in [7, 11) is 0. The number of alkyl halides is 2. The summed E-state index contributed by atoms with van der Waals surface area (Å²) >= 11 is 0. The number of nitrogens with zero attached hydrogens (tertiary/aromatic N) is 3. The van der Waals surface area contributed by atoms with E-state index in [-0.39, 0.29) is 17.1 Å². The predicted molar refractivity (Wildman–Crippen MR) is 70.2 cm³/mol. The van der Waals surface area contributed by atoms with Crippen molar-refractivity contribution in [3.05, 3.63) is 16.7 Å². The highest BCUT2D eigenvalue weighted by Gasteiger charge is 2.97. The second kappa shape index (κ2) is 3.67. The van der Waals surface area contributed by atoms with Crippen LogP contribution in [0, 0.1) is 12.3 Å². The molecular formula is C12H9F2N5O4. The number of rotatable bonds is 1. The van der Waals surface area contributed by atoms with E-state index < -0.39 is 35.0 Å². The number of aliphatic hydroxyl groups excluding tert-OH is 1. The average molecular weight is 325 g/mol. The van der Waals surface area contributed by atoms with Crippen molar-refractivity contribution in [3.63, 3.8) is 0 Å². The molecule has 2 aromatic heterocycles. The number of hydrogen-bond acceptors (Lipinski definition) is 7. The van der Waals surface area contributed by atoms with E-state index in [4.69, 9.17) is 16.9 Å². The summed E-state index contributed by atoms with van der Waals surface area (Å²) in [5, 5.41) is 19.8. The molecule has 2 fully saturated rings. The molecule has 11 heteroatoms. The molecule has 1 aliphatic carbocycles. The minimum Gasteiger partial charge on any atom is -0.383 e. The van der Waals surface area contributed by atoms with Crippen LogP contribution in [-0.4, -0.2) is 53.0 Å². The minimum absolute atomic E-state index is 0.187. The summed E-state index contributed by atoms with van der Waals surface area (Å²) in [6.45, 7) is 0. The van der Waals surface area contributed by atoms with Gasteiger partial charge in [-0.2, -0.15) is 4.98 Å². The lowest BCUT2D eigenvalue weighted by Gasteiger charge is -2.29. The van der Waals surface area contributed by atoms with Crippen molar-refractivity contribution in [2.75, 3.05) is 5.73 Å². The Kier molecular flexibility index (Phi) is 2.25. The maximum absolute atomic E-state index is 14.6. The number of aliphatic hydroxyl groups is 2. The molecule has 9 nitrogen and oxygen atoms in total. The Bertz CT molecular complexity index is 953. The van der Waals surface area contributed by atoms with Gasteiger partial charge in [-0.3, -0.25) is 14.3 Å². The van der Waals surface area contributed by atoms with Crippen molar-refractivity contribution < 1.29 is 23.7 Å². The molecule has 0 amide bonds. The van der Waals surface area contributed by atoms with Crippen molar-refractivity contribution in [2.45, 2.75) is 29.5 Å². The van der Waals surface area contributed by atoms with Gasteiger partial charge in [-0.15, -0.1) is 6.42 Å². The van der Waals surface area contributed by atoms with E-state index in [0.717, 1.165) is 10.9 Å². The van der Waals surface area contributed by atoms with E-state index in [0.29, 0.717) is 0 Å². The SMILES string of the molecule is C#C[C@]1(O)[C@H](n2cnc3c(=O)[nH]c(N)nc32)O[C@]2(F)C(O)[C@@]21F. The van der Waals surface area contributed by atoms with Crippen molar-refractivity contribution in [2.24, 2.45) is 0 Å². The number of terminal acetylenes is 1. The topological polar surface area (TPSA) is 139 Å². The van der Waals surface area contributed by atoms with Crippen LogP contribution in [0.3, 0.4) is 0 Å². The number of imidazole rings is 1. The molecule has 2 aromatic rings. The maximum atomic E-state index is 14.6. The summed E-state index contributed by atoms with van der Waals surface area (Å²) in [4.78, 5) is 21.5. The highest BCUT2D eigenvalue weighted by molar-refractivity contribution is 5.71. The van der Waals surface area contributed by atoms with Crippen LogP contribution in [-0.2, 0) is 4.74 Å². The van der Waals surface area contributed by atoms with Crippen LogP contribution in [0.2, 0.25) is 0 Å². The zero-order valence-electron chi connectivity index (χ0n) is 11.2. The Morgan fingerprint density at radius 2 is 2.26 bits per heavy atom. The van der Waals surface area contributed by atoms with Gasteiger partial charge in [0.15, 0.2) is 23.5 Å². The lowest BCUT2D eigenvalue weighted by atomic mass is 9.95. The van der Waals surface area contributed by atoms with E-state index in [2.05, 4.69) is 15.0 Å². The van der Waals surface area contributed by atoms with Crippen LogP contribution in [0.1, 0.15) is 6.23 Å². The Labute approximate surface area is 125 Å². The van der Waals surface area contributed by atoms with Crippen molar-refractivity contribution in [1.82, 2.24) is 19.5 Å². The molecule has 3 heterocycles. The Hall–Kier alpha value is -2.55. The minimum atomic E-state index is -3.21. The van der Waals surface area contributed by atoms with Crippen LogP contribution in [0.25, 0.3) is 11.2 Å². The molecule has 0 radical (unpaired) electrons. The summed E-state index contributed by atoms with van der Waals surface area (Å²) in [6.07, 6.45) is 2.09. The quantitative estimate of drug-likeness (QED) is 0.460. The highest BCUT2D eigenvalue weighted by Crippen LogP contribution is 2.70. The van der Waals surface area contributed by atoms with Crippen LogP contribution in [0.15, 0.2) is 11.1 Å². The van der Waals surface area contributed by atoms with E-state index in [1.807, 2.05) is 0 Å². The van der Waals surface area contributed by atoms with E-state index in [1.165, 1.54) is 0 Å². The number of nitrogens with two attached hydrogens (primary N) is 1. The lowest BCUT2D eigenvalue weighted by Crippen LogP contribution is -2.47. The summed E-state index contributed by atoms with van der Waals surface area (Å²) < 4.78 is 34.6. The van der Waals surface area contributed by atoms with E-state index in [9.17, 15) is 23.8 Å². The monoisotopic (exact) mass is 325 g/mol. The molecule has 1 aliphatic heterocycles. The van der Waals surface area contributed by atoms with Crippen LogP contribution in [0.4, 0.5) is 14.7 Å². The molecule has 0 bridgehead atoms. The first kappa shape index (κ1) is 14.1. The largest absolute Gasteiger partial charge is 0.383 e. The molecule has 23 heavy (non-hydrogen) atoms. The van der Waals surface area contributed by atoms with Crippen LogP contribution >= 0.6 is 0 Å². The second-order valence-corrected chi connectivity index (χ2v) is 5.42. The van der Waals surface area contributed by atoms with Gasteiger partial charge in [0.25, 0.3) is 11.4 Å². The molecule has 1 saturated heterocycles. The van der Waals surface area contributed by atoms with Gasteiger partial charge >= 0.3 is 0 Å². The fraction of sp³-hybridized carbons (Fsp3) is 0.417. The summed E-state index contributed by atoms with van der Waals surface area (Å²) in [6, 6.07) is 0. The second-order valence-electron chi connectivity index (χ2n) is 5.42. The molecule has 5 atom stereocenters. The zero-order valence-corrected chi connectivity index (χ0v) is 11.2. The van der Waals surface area contributed by atoms with Gasteiger partial charge in [0.05, 0.1) is 6.33 Å². The fourth-order valence-corrected chi connectivity index (χ4v) is 2.96. The van der Waals surface area contributed by atoms with E-state index in [1.54, 1.807) is 5.92 Å². The average Bonchev–Trinajstić information content (AvgIpc) is 2.84. The molecule has 2 aliphatic rings. The number of nitrogen functional groups attached to an aromatic ring is 1. The number of H-pyrrole nitrogens is 1. The maximum Gasteiger partial charge on any atom is 0.282 e. The first-order chi connectivity index (χ1) is 10.7. The van der Waals surface area contributed by atoms with Gasteiger partial charge in [-0.05, 0) is 0 Å². The third-order valence-corrected chi connectivity index (χ3v) is 4.26. The summed E-state index contributed by atoms with van der Waals surface area (Å²) in [5.74, 6) is -1.72. The van der Waals surface area contributed by atoms with Gasteiger partial charge < -0.3 is 20.7 Å². The highest BCUT2D eigenvalue weighted by atomic mass is 19.2. The molecule has 5 N–H and O–H groups in total. The van der Waals surface area contributed by atoms with E-state index >= 15 is 0 Å².